The average molecular weight is 341 g/mol. The van der Waals surface area contributed by atoms with Crippen LogP contribution in [0.1, 0.15) is 51.4 Å². The van der Waals surface area contributed by atoms with E-state index in [1.54, 1.807) is 19.0 Å². The van der Waals surface area contributed by atoms with Crippen LogP contribution in [-0.4, -0.2) is 66.9 Å². The lowest BCUT2D eigenvalue weighted by atomic mass is 9.95. The number of aliphatic hydroxyl groups excluding tert-OH is 1. The Morgan fingerprint density at radius 3 is 2.42 bits per heavy atom. The largest absolute Gasteiger partial charge is 0.394 e. The van der Waals surface area contributed by atoms with E-state index in [0.29, 0.717) is 19.3 Å². The van der Waals surface area contributed by atoms with Crippen LogP contribution >= 0.6 is 0 Å². The van der Waals surface area contributed by atoms with E-state index in [0.717, 1.165) is 12.8 Å². The van der Waals surface area contributed by atoms with E-state index in [9.17, 15) is 14.7 Å². The van der Waals surface area contributed by atoms with Crippen LogP contribution in [0, 0.1) is 0 Å². The molecule has 3 atom stereocenters. The zero-order chi connectivity index (χ0) is 17.5. The molecule has 1 saturated heterocycles. The second-order valence-corrected chi connectivity index (χ2v) is 7.11. The fourth-order valence-corrected chi connectivity index (χ4v) is 3.47. The Kier molecular flexibility index (Phi) is 7.30. The SMILES string of the molecule is CN(C)C(=O)C[C@@H]1CC[C@H](NC(=O)NC2CCCCC2)[C@@H](CO)O1. The third-order valence-electron chi connectivity index (χ3n) is 4.95. The summed E-state index contributed by atoms with van der Waals surface area (Å²) in [6.45, 7) is -0.166. The van der Waals surface area contributed by atoms with E-state index in [4.69, 9.17) is 4.74 Å². The molecule has 2 fully saturated rings. The zero-order valence-electron chi connectivity index (χ0n) is 14.8. The number of rotatable bonds is 5. The molecule has 0 radical (unpaired) electrons. The molecule has 1 aliphatic heterocycles. The molecule has 0 aromatic heterocycles. The highest BCUT2D eigenvalue weighted by atomic mass is 16.5. The van der Waals surface area contributed by atoms with Gasteiger partial charge in [0.15, 0.2) is 0 Å². The maximum absolute atomic E-state index is 12.2. The predicted molar refractivity (Wildman–Crippen MR) is 90.6 cm³/mol. The van der Waals surface area contributed by atoms with E-state index in [-0.39, 0.29) is 36.7 Å². The molecular weight excluding hydrogens is 310 g/mol. The van der Waals surface area contributed by atoms with Crippen LogP contribution in [0.2, 0.25) is 0 Å². The Morgan fingerprint density at radius 2 is 1.79 bits per heavy atom. The van der Waals surface area contributed by atoms with Crippen LogP contribution in [0.25, 0.3) is 0 Å². The van der Waals surface area contributed by atoms with E-state index in [1.165, 1.54) is 19.3 Å². The van der Waals surface area contributed by atoms with Crippen molar-refractivity contribution in [3.8, 4) is 0 Å². The molecular formula is C17H31N3O4. The smallest absolute Gasteiger partial charge is 0.315 e. The molecule has 0 bridgehead atoms. The number of carbonyl (C=O) groups excluding carboxylic acids is 2. The number of nitrogens with one attached hydrogen (secondary N) is 2. The van der Waals surface area contributed by atoms with Gasteiger partial charge in [0, 0.05) is 20.1 Å². The molecule has 7 nitrogen and oxygen atoms in total. The lowest BCUT2D eigenvalue weighted by Gasteiger charge is -2.36. The van der Waals surface area contributed by atoms with E-state index in [1.807, 2.05) is 0 Å². The first kappa shape index (κ1) is 19.0. The van der Waals surface area contributed by atoms with Gasteiger partial charge in [0.2, 0.25) is 5.91 Å². The third-order valence-corrected chi connectivity index (χ3v) is 4.95. The van der Waals surface area contributed by atoms with Crippen LogP contribution in [-0.2, 0) is 9.53 Å². The number of ether oxygens (including phenoxy) is 1. The van der Waals surface area contributed by atoms with Gasteiger partial charge in [-0.15, -0.1) is 0 Å². The topological polar surface area (TPSA) is 90.9 Å². The van der Waals surface area contributed by atoms with Crippen LogP contribution in [0.4, 0.5) is 4.79 Å². The van der Waals surface area contributed by atoms with Crippen molar-refractivity contribution in [1.29, 1.82) is 0 Å². The van der Waals surface area contributed by atoms with Crippen LogP contribution in [0.5, 0.6) is 0 Å². The van der Waals surface area contributed by atoms with Crippen molar-refractivity contribution >= 4 is 11.9 Å². The quantitative estimate of drug-likeness (QED) is 0.696. The summed E-state index contributed by atoms with van der Waals surface area (Å²) in [5.74, 6) is 0.0122. The molecule has 0 unspecified atom stereocenters. The molecule has 138 valence electrons. The van der Waals surface area contributed by atoms with Gasteiger partial charge in [0.05, 0.1) is 25.2 Å². The Bertz CT molecular complexity index is 424. The van der Waals surface area contributed by atoms with Crippen LogP contribution < -0.4 is 10.6 Å². The molecule has 3 amide bonds. The van der Waals surface area contributed by atoms with Crippen molar-refractivity contribution in [2.75, 3.05) is 20.7 Å². The standard InChI is InChI=1S/C17H31N3O4/c1-20(2)16(22)10-13-8-9-14(15(11-21)24-13)19-17(23)18-12-6-4-3-5-7-12/h12-15,21H,3-11H2,1-2H3,(H2,18,19,23)/t13-,14-,15+/m0/s1. The first-order valence-corrected chi connectivity index (χ1v) is 9.03. The highest BCUT2D eigenvalue weighted by molar-refractivity contribution is 5.76. The van der Waals surface area contributed by atoms with Gasteiger partial charge in [0.25, 0.3) is 0 Å². The number of urea groups is 1. The summed E-state index contributed by atoms with van der Waals surface area (Å²) in [4.78, 5) is 25.5. The number of hydrogen-bond acceptors (Lipinski definition) is 4. The fraction of sp³-hybridized carbons (Fsp3) is 0.882. The Labute approximate surface area is 144 Å². The number of hydrogen-bond donors (Lipinski definition) is 3. The molecule has 1 aliphatic carbocycles. The first-order chi connectivity index (χ1) is 11.5. The third kappa shape index (κ3) is 5.63. The summed E-state index contributed by atoms with van der Waals surface area (Å²) in [5, 5.41) is 15.5. The van der Waals surface area contributed by atoms with Crippen molar-refractivity contribution in [2.24, 2.45) is 0 Å². The summed E-state index contributed by atoms with van der Waals surface area (Å²) in [6, 6.07) is -0.151. The van der Waals surface area contributed by atoms with E-state index < -0.39 is 6.10 Å². The lowest BCUT2D eigenvalue weighted by Crippen LogP contribution is -2.55. The molecule has 0 spiro atoms. The summed E-state index contributed by atoms with van der Waals surface area (Å²) >= 11 is 0. The monoisotopic (exact) mass is 341 g/mol. The van der Waals surface area contributed by atoms with Gasteiger partial charge in [0.1, 0.15) is 6.10 Å². The Morgan fingerprint density at radius 1 is 1.08 bits per heavy atom. The zero-order valence-corrected chi connectivity index (χ0v) is 14.8. The van der Waals surface area contributed by atoms with E-state index in [2.05, 4.69) is 10.6 Å². The second kappa shape index (κ2) is 9.22. The summed E-state index contributed by atoms with van der Waals surface area (Å²) in [6.07, 6.45) is 6.70. The summed E-state index contributed by atoms with van der Waals surface area (Å²) < 4.78 is 5.82. The summed E-state index contributed by atoms with van der Waals surface area (Å²) in [5.41, 5.74) is 0. The molecule has 0 aromatic rings. The van der Waals surface area contributed by atoms with Gasteiger partial charge in [-0.25, -0.2) is 4.79 Å². The van der Waals surface area contributed by atoms with Gasteiger partial charge in [-0.05, 0) is 25.7 Å². The Hall–Kier alpha value is -1.34. The molecule has 2 rings (SSSR count). The molecule has 7 heteroatoms. The molecule has 24 heavy (non-hydrogen) atoms. The van der Waals surface area contributed by atoms with Gasteiger partial charge < -0.3 is 25.4 Å². The first-order valence-electron chi connectivity index (χ1n) is 9.03. The maximum atomic E-state index is 12.2. The van der Waals surface area contributed by atoms with Gasteiger partial charge >= 0.3 is 6.03 Å². The normalized spacial score (nSPS) is 28.2. The minimum absolute atomic E-state index is 0.0122. The second-order valence-electron chi connectivity index (χ2n) is 7.11. The highest BCUT2D eigenvalue weighted by Gasteiger charge is 2.33. The lowest BCUT2D eigenvalue weighted by molar-refractivity contribution is -0.137. The van der Waals surface area contributed by atoms with Gasteiger partial charge in [-0.3, -0.25) is 4.79 Å². The molecule has 1 heterocycles. The van der Waals surface area contributed by atoms with Crippen LogP contribution in [0.3, 0.4) is 0 Å². The number of nitrogens with zero attached hydrogens (tertiary/aromatic N) is 1. The molecule has 3 N–H and O–H groups in total. The number of aliphatic hydroxyl groups is 1. The van der Waals surface area contributed by atoms with Crippen molar-refractivity contribution in [3.05, 3.63) is 0 Å². The minimum atomic E-state index is -0.462. The number of amides is 3. The van der Waals surface area contributed by atoms with Crippen LogP contribution in [0.15, 0.2) is 0 Å². The average Bonchev–Trinajstić information content (AvgIpc) is 2.56. The Balaban J connectivity index is 1.78. The van der Waals surface area contributed by atoms with E-state index >= 15 is 0 Å². The van der Waals surface area contributed by atoms with Crippen molar-refractivity contribution in [3.63, 3.8) is 0 Å². The van der Waals surface area contributed by atoms with Gasteiger partial charge in [-0.1, -0.05) is 19.3 Å². The summed E-state index contributed by atoms with van der Waals surface area (Å²) in [7, 11) is 3.43. The molecule has 1 saturated carbocycles. The predicted octanol–water partition coefficient (Wildman–Crippen LogP) is 1.01. The van der Waals surface area contributed by atoms with Crippen molar-refractivity contribution in [1.82, 2.24) is 15.5 Å². The van der Waals surface area contributed by atoms with Gasteiger partial charge in [-0.2, -0.15) is 0 Å². The fourth-order valence-electron chi connectivity index (χ4n) is 3.47. The molecule has 2 aliphatic rings. The number of carbonyl (C=O) groups is 2. The maximum Gasteiger partial charge on any atom is 0.315 e. The van der Waals surface area contributed by atoms with Crippen molar-refractivity contribution in [2.45, 2.75) is 75.7 Å². The highest BCUT2D eigenvalue weighted by Crippen LogP contribution is 2.22. The minimum Gasteiger partial charge on any atom is -0.394 e. The molecule has 0 aromatic carbocycles. The van der Waals surface area contributed by atoms with Crippen molar-refractivity contribution < 1.29 is 19.4 Å².